The highest BCUT2D eigenvalue weighted by molar-refractivity contribution is 7.00. The van der Waals surface area contributed by atoms with Crippen LogP contribution in [0.4, 0.5) is 34.1 Å². The Morgan fingerprint density at radius 3 is 0.907 bits per heavy atom. The molecule has 0 N–H and O–H groups in total. The van der Waals surface area contributed by atoms with Gasteiger partial charge in [0.05, 0.1) is 11.4 Å². The third kappa shape index (κ3) is 12.1. The normalized spacial score (nSPS) is 13.1. The molecule has 2 heterocycles. The van der Waals surface area contributed by atoms with Crippen molar-refractivity contribution in [1.82, 2.24) is 0 Å². The Hall–Kier alpha value is -9.70. The van der Waals surface area contributed by atoms with Gasteiger partial charge in [-0.05, 0) is 163 Å². The molecule has 0 radical (unpaired) electrons. The van der Waals surface area contributed by atoms with E-state index in [0.717, 1.165) is 78.6 Å². The number of hydrogen-bond donors (Lipinski definition) is 0. The Labute approximate surface area is 579 Å². The lowest BCUT2D eigenvalue weighted by atomic mass is 9.33. The van der Waals surface area contributed by atoms with Gasteiger partial charge in [-0.25, -0.2) is 0 Å². The van der Waals surface area contributed by atoms with Crippen LogP contribution in [0.3, 0.4) is 0 Å². The number of fused-ring (bicyclic) bond motifs is 4. The molecule has 12 aromatic carbocycles. The first-order valence-electron chi connectivity index (χ1n) is 35.3. The molecule has 0 fully saturated rings. The molecule has 0 unspecified atom stereocenters. The molecule has 0 amide bonds. The maximum absolute atomic E-state index is 2.71. The molecule has 2 aliphatic heterocycles. The summed E-state index contributed by atoms with van der Waals surface area (Å²) in [5, 5.41) is 0. The Bertz CT molecular complexity index is 4490. The minimum atomic E-state index is -0.238. The molecule has 2 aliphatic rings. The summed E-state index contributed by atoms with van der Waals surface area (Å²) in [6.45, 7) is 37.4. The lowest BCUT2D eigenvalue weighted by Crippen LogP contribution is -2.61. The maximum Gasteiger partial charge on any atom is 0.252 e. The fourth-order valence-electron chi connectivity index (χ4n) is 15.0. The number of hydrogen-bond acceptors (Lipinski definition) is 2. The topological polar surface area (TPSA) is 6.48 Å². The van der Waals surface area contributed by atoms with Crippen molar-refractivity contribution >= 4 is 57.2 Å². The molecule has 12 aromatic rings. The third-order valence-corrected chi connectivity index (χ3v) is 20.6. The fraction of sp³-hybridized carbons (Fsp3) is 0.234. The van der Waals surface area contributed by atoms with E-state index in [1.807, 2.05) is 0 Å². The molecule has 0 aromatic heterocycles. The van der Waals surface area contributed by atoms with E-state index in [2.05, 4.69) is 381 Å². The fourth-order valence-corrected chi connectivity index (χ4v) is 15.0. The van der Waals surface area contributed by atoms with Crippen molar-refractivity contribution in [2.24, 2.45) is 0 Å². The van der Waals surface area contributed by atoms with Crippen LogP contribution in [0.2, 0.25) is 0 Å². The van der Waals surface area contributed by atoms with Crippen LogP contribution in [0.1, 0.15) is 156 Å². The molecule has 2 nitrogen and oxygen atoms in total. The van der Waals surface area contributed by atoms with E-state index in [-0.39, 0.29) is 34.3 Å². The number of para-hydroxylation sites is 2. The van der Waals surface area contributed by atoms with E-state index in [4.69, 9.17) is 0 Å². The van der Waals surface area contributed by atoms with Crippen molar-refractivity contribution in [1.29, 1.82) is 0 Å². The van der Waals surface area contributed by atoms with E-state index in [0.29, 0.717) is 5.92 Å². The van der Waals surface area contributed by atoms with Gasteiger partial charge in [0.2, 0.25) is 0 Å². The van der Waals surface area contributed by atoms with Gasteiger partial charge in [0.15, 0.2) is 0 Å². The summed E-state index contributed by atoms with van der Waals surface area (Å²) in [6.07, 6.45) is 0. The van der Waals surface area contributed by atoms with Crippen LogP contribution < -0.4 is 26.2 Å². The lowest BCUT2D eigenvalue weighted by molar-refractivity contribution is 0.568. The quantitative estimate of drug-likeness (QED) is 0.119. The van der Waals surface area contributed by atoms with Crippen LogP contribution in [-0.4, -0.2) is 6.71 Å². The van der Waals surface area contributed by atoms with Gasteiger partial charge >= 0.3 is 0 Å². The third-order valence-electron chi connectivity index (χ3n) is 20.6. The average Bonchev–Trinajstić information content (AvgIpc) is 0.688. The van der Waals surface area contributed by atoms with Gasteiger partial charge < -0.3 is 9.80 Å². The van der Waals surface area contributed by atoms with Crippen molar-refractivity contribution in [3.8, 4) is 77.9 Å². The molecule has 0 saturated carbocycles. The first kappa shape index (κ1) is 64.6. The van der Waals surface area contributed by atoms with Crippen molar-refractivity contribution in [3.05, 3.63) is 294 Å². The predicted octanol–water partition coefficient (Wildman–Crippen LogP) is 24.9. The van der Waals surface area contributed by atoms with Gasteiger partial charge in [-0.2, -0.15) is 0 Å². The molecular formula is C94H93BN2. The average molecular weight is 1260 g/mol. The van der Waals surface area contributed by atoms with Crippen LogP contribution >= 0.6 is 0 Å². The van der Waals surface area contributed by atoms with Crippen LogP contribution in [0.15, 0.2) is 261 Å². The molecule has 0 aliphatic carbocycles. The SMILES string of the molecule is CC(C)c1ccc(-c2cc3c4c(c2)N(c2c(-c5ccccc5)cccc2-c2ccccc2)c2ccc(-c5cc(C(C)(C)C)cc(C(C)(C)C)c5)cc2B4c2cc(-c4cc(C(C)(C)C)cc(C(C)(C)C)c4)ccc2N3c2c(-c3ccccc3)cccc2-c2ccccc2)c(C(C)C)c1. The molecule has 3 heteroatoms. The second-order valence-electron chi connectivity index (χ2n) is 32.2. The number of benzene rings is 12. The molecule has 0 spiro atoms. The summed E-state index contributed by atoms with van der Waals surface area (Å²) < 4.78 is 0. The highest BCUT2D eigenvalue weighted by Crippen LogP contribution is 2.55. The van der Waals surface area contributed by atoms with Gasteiger partial charge in [0.1, 0.15) is 0 Å². The Balaban J connectivity index is 1.20. The highest BCUT2D eigenvalue weighted by Gasteiger charge is 2.46. The zero-order valence-electron chi connectivity index (χ0n) is 60.0. The largest absolute Gasteiger partial charge is 0.310 e. The Morgan fingerprint density at radius 2 is 0.598 bits per heavy atom. The lowest BCUT2D eigenvalue weighted by Gasteiger charge is -2.46. The first-order valence-corrected chi connectivity index (χ1v) is 35.3. The first-order chi connectivity index (χ1) is 46.3. The number of rotatable bonds is 11. The Kier molecular flexibility index (Phi) is 16.5. The molecule has 14 rings (SSSR count). The monoisotopic (exact) mass is 1260 g/mol. The minimum absolute atomic E-state index is 0.0833. The summed E-state index contributed by atoms with van der Waals surface area (Å²) in [6, 6.07) is 101. The van der Waals surface area contributed by atoms with E-state index in [1.54, 1.807) is 0 Å². The maximum atomic E-state index is 2.71. The minimum Gasteiger partial charge on any atom is -0.310 e. The summed E-state index contributed by atoms with van der Waals surface area (Å²) in [5.74, 6) is 0.618. The second-order valence-corrected chi connectivity index (χ2v) is 32.2. The van der Waals surface area contributed by atoms with E-state index >= 15 is 0 Å². The van der Waals surface area contributed by atoms with Crippen molar-refractivity contribution in [2.45, 2.75) is 144 Å². The van der Waals surface area contributed by atoms with Crippen LogP contribution in [0.25, 0.3) is 77.9 Å². The smallest absolute Gasteiger partial charge is 0.252 e. The molecular weight excluding hydrogens is 1170 g/mol. The zero-order chi connectivity index (χ0) is 68.0. The number of nitrogens with zero attached hydrogens (tertiary/aromatic N) is 2. The Morgan fingerprint density at radius 1 is 0.258 bits per heavy atom. The molecule has 482 valence electrons. The van der Waals surface area contributed by atoms with Crippen molar-refractivity contribution in [2.75, 3.05) is 9.80 Å². The molecule has 0 atom stereocenters. The van der Waals surface area contributed by atoms with Gasteiger partial charge in [0.25, 0.3) is 6.71 Å². The van der Waals surface area contributed by atoms with Crippen molar-refractivity contribution < 1.29 is 0 Å². The van der Waals surface area contributed by atoms with Crippen molar-refractivity contribution in [3.63, 3.8) is 0 Å². The van der Waals surface area contributed by atoms with E-state index in [9.17, 15) is 0 Å². The van der Waals surface area contributed by atoms with Crippen LogP contribution in [-0.2, 0) is 21.7 Å². The molecule has 0 saturated heterocycles. The molecule has 97 heavy (non-hydrogen) atoms. The second kappa shape index (κ2) is 24.7. The van der Waals surface area contributed by atoms with Gasteiger partial charge in [0, 0.05) is 45.0 Å². The molecule has 0 bridgehead atoms. The van der Waals surface area contributed by atoms with Gasteiger partial charge in [-0.15, -0.1) is 0 Å². The standard InChI is InChI=1S/C94H93BN2/c1-60(2)66-43-46-76(81(53-66)61(3)4)71-56-86-88-87(57-71)97(90-79(64-35-25-19-26-36-64)41-30-42-80(90)65-37-27-20-28-38-65)85-48-45-68(70-51-74(93(11,12)13)59-75(52-70)94(14,15)16)55-83(85)95(88)82-54-67(69-49-72(91(5,6)7)58-73(50-69)92(8,9)10)44-47-84(82)96(86)89-77(62-31-21-17-22-32-62)39-29-40-78(89)63-33-23-18-24-34-63/h17-61H,1-16H3. The van der Waals surface area contributed by atoms with Crippen LogP contribution in [0.5, 0.6) is 0 Å². The van der Waals surface area contributed by atoms with Gasteiger partial charge in [-0.1, -0.05) is 347 Å². The van der Waals surface area contributed by atoms with Crippen LogP contribution in [0, 0.1) is 0 Å². The summed E-state index contributed by atoms with van der Waals surface area (Å²) >= 11 is 0. The zero-order valence-corrected chi connectivity index (χ0v) is 60.0. The summed E-state index contributed by atoms with van der Waals surface area (Å²) in [4.78, 5) is 5.42. The summed E-state index contributed by atoms with van der Waals surface area (Å²) in [7, 11) is 0. The van der Waals surface area contributed by atoms with E-state index in [1.165, 1.54) is 83.1 Å². The van der Waals surface area contributed by atoms with E-state index < -0.39 is 0 Å². The predicted molar refractivity (Wildman–Crippen MR) is 421 cm³/mol. The number of anilines is 6. The summed E-state index contributed by atoms with van der Waals surface area (Å²) in [5.41, 5.74) is 35.0. The highest BCUT2D eigenvalue weighted by atomic mass is 15.2. The van der Waals surface area contributed by atoms with Gasteiger partial charge in [-0.3, -0.25) is 0 Å².